The van der Waals surface area contributed by atoms with Gasteiger partial charge < -0.3 is 34.3 Å². The minimum Gasteiger partial charge on any atom is -0.324 e. The van der Waals surface area contributed by atoms with E-state index < -0.39 is 23.0 Å². The maximum atomic E-state index is 9.85. The summed E-state index contributed by atoms with van der Waals surface area (Å²) in [5, 5.41) is 0. The van der Waals surface area contributed by atoms with Crippen molar-refractivity contribution >= 4 is 23.0 Å². The zero-order valence-corrected chi connectivity index (χ0v) is 12.4. The van der Waals surface area contributed by atoms with Gasteiger partial charge in [0.05, 0.1) is 12.3 Å². The van der Waals surface area contributed by atoms with Gasteiger partial charge in [0.1, 0.15) is 0 Å². The van der Waals surface area contributed by atoms with Gasteiger partial charge in [0.2, 0.25) is 0 Å². The normalized spacial score (nSPS) is 11.3. The van der Waals surface area contributed by atoms with Gasteiger partial charge in [-0.25, -0.2) is 4.57 Å². The van der Waals surface area contributed by atoms with Crippen molar-refractivity contribution in [1.29, 1.82) is 0 Å². The van der Waals surface area contributed by atoms with E-state index in [1.54, 1.807) is 0 Å². The largest absolute Gasteiger partial charge is 0.466 e. The quantitative estimate of drug-likeness (QED) is 0.265. The molecule has 0 aromatic carbocycles. The highest BCUT2D eigenvalue weighted by Crippen LogP contribution is 2.33. The Hall–Kier alpha value is -0.110. The molecule has 0 radical (unpaired) electrons. The minimum absolute atomic E-state index is 0.229. The summed E-state index contributed by atoms with van der Waals surface area (Å²) in [5.41, 5.74) is 0. The number of hydrogen-bond donors (Lipinski definition) is 7. The van der Waals surface area contributed by atoms with Crippen LogP contribution in [0.5, 0.6) is 0 Å². The number of allylic oxidation sites excluding steroid dienone is 2. The van der Waals surface area contributed by atoms with Crippen LogP contribution in [-0.4, -0.2) is 46.6 Å². The summed E-state index contributed by atoms with van der Waals surface area (Å²) in [6.45, 7) is 6.31. The van der Waals surface area contributed by atoms with E-state index in [-0.39, 0.29) is 12.3 Å². The van der Waals surface area contributed by atoms with E-state index in [0.29, 0.717) is 0 Å². The van der Waals surface area contributed by atoms with Crippen molar-refractivity contribution in [2.75, 3.05) is 12.3 Å². The summed E-state index contributed by atoms with van der Waals surface area (Å²) in [7, 11) is -12.2. The van der Waals surface area contributed by atoms with Crippen molar-refractivity contribution in [2.45, 2.75) is 0 Å². The van der Waals surface area contributed by atoms with Gasteiger partial charge in [0.15, 0.2) is 0 Å². The fraction of sp³-hybridized carbons (Fsp3) is 0.333. The standard InChI is InChI=1S/2C3H7O3P.H3O4P/c2*1-2-3-7(4,5)6;1-5(2,3)4/h2*2H,1,3H2,(H2,4,5,6);(H3,1,2,3,4). The maximum absolute atomic E-state index is 9.85. The first kappa shape index (κ1) is 23.9. The van der Waals surface area contributed by atoms with Gasteiger partial charge in [-0.05, 0) is 0 Å². The number of hydrogen-bond acceptors (Lipinski definition) is 3. The lowest BCUT2D eigenvalue weighted by Crippen LogP contribution is -1.79. The van der Waals surface area contributed by atoms with Crippen LogP contribution in [0.15, 0.2) is 25.3 Å². The van der Waals surface area contributed by atoms with Crippen molar-refractivity contribution < 1.29 is 47.9 Å². The Labute approximate surface area is 109 Å². The molecule has 0 rings (SSSR count). The molecule has 0 spiro atoms. The van der Waals surface area contributed by atoms with Crippen LogP contribution in [0, 0.1) is 0 Å². The first-order valence-corrected chi connectivity index (χ1v) is 9.37. The fourth-order valence-corrected chi connectivity index (χ4v) is 1.01. The molecule has 13 heteroatoms. The zero-order valence-electron chi connectivity index (χ0n) is 9.68. The first-order valence-electron chi connectivity index (χ1n) is 4.21. The van der Waals surface area contributed by atoms with E-state index >= 15 is 0 Å². The minimum atomic E-state index is -4.64. The maximum Gasteiger partial charge on any atom is 0.466 e. The Kier molecular flexibility index (Phi) is 13.4. The van der Waals surface area contributed by atoms with Crippen LogP contribution in [-0.2, 0) is 13.7 Å². The third-order valence-electron chi connectivity index (χ3n) is 0.734. The molecule has 10 nitrogen and oxygen atoms in total. The summed E-state index contributed by atoms with van der Waals surface area (Å²) < 4.78 is 28.6. The highest BCUT2D eigenvalue weighted by atomic mass is 31.2. The van der Waals surface area contributed by atoms with E-state index in [1.165, 1.54) is 12.2 Å². The molecule has 116 valence electrons. The molecule has 0 heterocycles. The second-order valence-corrected chi connectivity index (χ2v) is 7.20. The average molecular weight is 342 g/mol. The van der Waals surface area contributed by atoms with Crippen molar-refractivity contribution in [3.05, 3.63) is 25.3 Å². The topological polar surface area (TPSA) is 193 Å². The lowest BCUT2D eigenvalue weighted by Gasteiger charge is -1.94. The van der Waals surface area contributed by atoms with Gasteiger partial charge in [-0.15, -0.1) is 13.2 Å². The van der Waals surface area contributed by atoms with Gasteiger partial charge in [0.25, 0.3) is 0 Å². The van der Waals surface area contributed by atoms with Crippen molar-refractivity contribution in [2.24, 2.45) is 0 Å². The number of phosphoric acid groups is 1. The number of rotatable bonds is 4. The van der Waals surface area contributed by atoms with Crippen molar-refractivity contribution in [3.8, 4) is 0 Å². The zero-order chi connectivity index (χ0) is 16.3. The highest BCUT2D eigenvalue weighted by molar-refractivity contribution is 7.52. The van der Waals surface area contributed by atoms with Gasteiger partial charge in [-0.3, -0.25) is 9.13 Å². The van der Waals surface area contributed by atoms with Crippen LogP contribution in [0.3, 0.4) is 0 Å². The smallest absolute Gasteiger partial charge is 0.324 e. The van der Waals surface area contributed by atoms with E-state index in [2.05, 4.69) is 13.2 Å². The van der Waals surface area contributed by atoms with E-state index in [0.717, 1.165) is 0 Å². The highest BCUT2D eigenvalue weighted by Gasteiger charge is 2.07. The van der Waals surface area contributed by atoms with E-state index in [4.69, 9.17) is 38.8 Å². The molecule has 7 N–H and O–H groups in total. The predicted octanol–water partition coefficient (Wildman–Crippen LogP) is -0.228. The molecular weight excluding hydrogens is 325 g/mol. The van der Waals surface area contributed by atoms with Crippen LogP contribution in [0.4, 0.5) is 0 Å². The summed E-state index contributed by atoms with van der Waals surface area (Å²) in [6.07, 6.45) is 1.93. The Balaban J connectivity index is -0.000000206. The molecule has 0 atom stereocenters. The molecule has 0 bridgehead atoms. The summed E-state index contributed by atoms with van der Waals surface area (Å²) in [5.74, 6) is 0. The van der Waals surface area contributed by atoms with Crippen LogP contribution < -0.4 is 0 Å². The monoisotopic (exact) mass is 342 g/mol. The van der Waals surface area contributed by atoms with Crippen molar-refractivity contribution in [1.82, 2.24) is 0 Å². The van der Waals surface area contributed by atoms with Gasteiger partial charge in [-0.2, -0.15) is 0 Å². The Morgan fingerprint density at radius 1 is 0.684 bits per heavy atom. The second kappa shape index (κ2) is 10.7. The lowest BCUT2D eigenvalue weighted by atomic mass is 10.8. The first-order chi connectivity index (χ1) is 8.12. The third kappa shape index (κ3) is 72.6. The van der Waals surface area contributed by atoms with Gasteiger partial charge >= 0.3 is 23.0 Å². The predicted molar refractivity (Wildman–Crippen MR) is 68.5 cm³/mol. The fourth-order valence-electron chi connectivity index (χ4n) is 0.336. The molecule has 0 aliphatic rings. The molecule has 0 fully saturated rings. The molecule has 0 saturated heterocycles. The Bertz CT molecular complexity index is 350. The summed E-state index contributed by atoms with van der Waals surface area (Å²) in [6, 6.07) is 0. The Morgan fingerprint density at radius 2 is 0.842 bits per heavy atom. The van der Waals surface area contributed by atoms with Crippen LogP contribution in [0.1, 0.15) is 0 Å². The van der Waals surface area contributed by atoms with E-state index in [9.17, 15) is 9.13 Å². The summed E-state index contributed by atoms with van der Waals surface area (Å²) in [4.78, 5) is 53.8. The van der Waals surface area contributed by atoms with Crippen molar-refractivity contribution in [3.63, 3.8) is 0 Å². The van der Waals surface area contributed by atoms with Crippen LogP contribution in [0.25, 0.3) is 0 Å². The van der Waals surface area contributed by atoms with Crippen LogP contribution in [0.2, 0.25) is 0 Å². The molecule has 0 aliphatic heterocycles. The second-order valence-electron chi connectivity index (χ2n) is 2.79. The molecule has 0 saturated carbocycles. The SMILES string of the molecule is C=CCP(=O)(O)O.C=CCP(=O)(O)O.O=P(O)(O)O. The summed E-state index contributed by atoms with van der Waals surface area (Å²) >= 11 is 0. The van der Waals surface area contributed by atoms with Crippen LogP contribution >= 0.6 is 23.0 Å². The molecule has 19 heavy (non-hydrogen) atoms. The molecule has 0 aromatic rings. The van der Waals surface area contributed by atoms with Gasteiger partial charge in [-0.1, -0.05) is 12.2 Å². The van der Waals surface area contributed by atoms with E-state index in [1.807, 2.05) is 0 Å². The molecule has 0 aromatic heterocycles. The Morgan fingerprint density at radius 3 is 0.842 bits per heavy atom. The average Bonchev–Trinajstić information content (AvgIpc) is 1.95. The van der Waals surface area contributed by atoms with Gasteiger partial charge in [0, 0.05) is 0 Å². The lowest BCUT2D eigenvalue weighted by molar-refractivity contribution is 0.275. The molecular formula is C6H17O10P3. The molecule has 0 unspecified atom stereocenters. The molecule has 0 amide bonds. The molecule has 0 aliphatic carbocycles. The third-order valence-corrected chi connectivity index (χ3v) is 2.20.